The summed E-state index contributed by atoms with van der Waals surface area (Å²) in [4.78, 5) is 42.2. The monoisotopic (exact) mass is 616 g/mol. The summed E-state index contributed by atoms with van der Waals surface area (Å²) in [6.45, 7) is 5.55. The first-order valence-electron chi connectivity index (χ1n) is 14.1. The standard InChI is InChI=1S/C31H41ClN4O5S/c1-4-11-36(12-5-2)29(39)22-14-21(28(33)38)16-31(17-22,30(34)40)25(15-24-9-10-27(32)42-24)26(37)19-35-18-20-7-6-8-23(13-20)41-3/h6-10,13-14,16,25-26,35,37H,4-5,11-12,15,17-19H2,1-3H3,(H2,33,38)(H2,34,40)/t25-,26+,31?/m1/s1. The topological polar surface area (TPSA) is 148 Å². The molecule has 2 aromatic rings. The van der Waals surface area contributed by atoms with E-state index < -0.39 is 29.3 Å². The normalized spacial score (nSPS) is 18.0. The largest absolute Gasteiger partial charge is 0.497 e. The molecule has 3 amide bonds. The Bertz CT molecular complexity index is 1320. The number of methoxy groups -OCH3 is 1. The van der Waals surface area contributed by atoms with Crippen molar-refractivity contribution in [1.29, 1.82) is 0 Å². The first-order valence-corrected chi connectivity index (χ1v) is 15.3. The number of nitrogens with zero attached hydrogens (tertiary/aromatic N) is 1. The van der Waals surface area contributed by atoms with E-state index in [-0.39, 0.29) is 36.4 Å². The van der Waals surface area contributed by atoms with E-state index in [1.165, 1.54) is 23.5 Å². The highest BCUT2D eigenvalue weighted by atomic mass is 35.5. The molecule has 1 aromatic heterocycles. The number of carbonyl (C=O) groups is 3. The number of hydrogen-bond donors (Lipinski definition) is 4. The zero-order valence-corrected chi connectivity index (χ0v) is 26.0. The highest BCUT2D eigenvalue weighted by Gasteiger charge is 2.49. The number of aliphatic hydroxyl groups is 1. The lowest BCUT2D eigenvalue weighted by atomic mass is 9.63. The van der Waals surface area contributed by atoms with Gasteiger partial charge in [0.05, 0.1) is 23.0 Å². The number of carbonyl (C=O) groups excluding carboxylic acids is 3. The van der Waals surface area contributed by atoms with E-state index in [1.54, 1.807) is 18.1 Å². The van der Waals surface area contributed by atoms with Gasteiger partial charge in [-0.05, 0) is 61.6 Å². The van der Waals surface area contributed by atoms with Gasteiger partial charge in [-0.1, -0.05) is 43.7 Å². The van der Waals surface area contributed by atoms with Crippen LogP contribution in [0.15, 0.2) is 59.7 Å². The van der Waals surface area contributed by atoms with E-state index in [4.69, 9.17) is 27.8 Å². The molecule has 6 N–H and O–H groups in total. The minimum atomic E-state index is -1.57. The summed E-state index contributed by atoms with van der Waals surface area (Å²) >= 11 is 7.55. The molecule has 0 aliphatic heterocycles. The van der Waals surface area contributed by atoms with Crippen LogP contribution in [0.4, 0.5) is 0 Å². The maximum Gasteiger partial charge on any atom is 0.249 e. The maximum absolute atomic E-state index is 13.7. The zero-order valence-electron chi connectivity index (χ0n) is 24.4. The molecule has 0 spiro atoms. The average Bonchev–Trinajstić information content (AvgIpc) is 3.39. The second kappa shape index (κ2) is 15.3. The Labute approximate surface area is 256 Å². The number of halogens is 1. The number of ether oxygens (including phenoxy) is 1. The van der Waals surface area contributed by atoms with Crippen molar-refractivity contribution < 1.29 is 24.2 Å². The lowest BCUT2D eigenvalue weighted by Gasteiger charge is -2.41. The number of hydrogen-bond acceptors (Lipinski definition) is 7. The van der Waals surface area contributed by atoms with Crippen LogP contribution in [0.5, 0.6) is 5.75 Å². The van der Waals surface area contributed by atoms with Gasteiger partial charge in [0.1, 0.15) is 5.75 Å². The summed E-state index contributed by atoms with van der Waals surface area (Å²) in [6.07, 6.45) is 3.47. The summed E-state index contributed by atoms with van der Waals surface area (Å²) in [5.74, 6) is -1.91. The van der Waals surface area contributed by atoms with Crippen LogP contribution < -0.4 is 21.5 Å². The quantitative estimate of drug-likeness (QED) is 0.227. The number of benzene rings is 1. The molecule has 1 aromatic carbocycles. The minimum absolute atomic E-state index is 0.0158. The van der Waals surface area contributed by atoms with Gasteiger partial charge in [-0.25, -0.2) is 0 Å². The van der Waals surface area contributed by atoms with Crippen molar-refractivity contribution in [2.75, 3.05) is 26.7 Å². The first-order chi connectivity index (χ1) is 20.0. The highest BCUT2D eigenvalue weighted by Crippen LogP contribution is 2.45. The molecule has 42 heavy (non-hydrogen) atoms. The summed E-state index contributed by atoms with van der Waals surface area (Å²) < 4.78 is 5.86. The van der Waals surface area contributed by atoms with Crippen molar-refractivity contribution in [3.8, 4) is 5.75 Å². The summed E-state index contributed by atoms with van der Waals surface area (Å²) in [5.41, 5.74) is 11.5. The molecule has 3 rings (SSSR count). The van der Waals surface area contributed by atoms with E-state index in [1.807, 2.05) is 44.2 Å². The molecule has 1 heterocycles. The smallest absolute Gasteiger partial charge is 0.249 e. The number of aliphatic hydroxyl groups excluding tert-OH is 1. The van der Waals surface area contributed by atoms with Gasteiger partial charge in [-0.3, -0.25) is 14.4 Å². The fourth-order valence-electron chi connectivity index (χ4n) is 5.47. The second-order valence-electron chi connectivity index (χ2n) is 10.6. The summed E-state index contributed by atoms with van der Waals surface area (Å²) in [6, 6.07) is 11.1. The number of amides is 3. The maximum atomic E-state index is 13.7. The molecular formula is C31H41ClN4O5S. The molecule has 0 saturated heterocycles. The van der Waals surface area contributed by atoms with Crippen molar-refractivity contribution in [3.05, 3.63) is 74.5 Å². The molecule has 0 fully saturated rings. The number of nitrogens with one attached hydrogen (secondary N) is 1. The van der Waals surface area contributed by atoms with Crippen LogP contribution in [-0.2, 0) is 27.3 Å². The van der Waals surface area contributed by atoms with Crippen LogP contribution in [-0.4, -0.2) is 60.6 Å². The lowest BCUT2D eigenvalue weighted by Crippen LogP contribution is -2.52. The number of nitrogens with two attached hydrogens (primary N) is 2. The van der Waals surface area contributed by atoms with Gasteiger partial charge in [-0.2, -0.15) is 0 Å². The fraction of sp³-hybridized carbons (Fsp3) is 0.452. The van der Waals surface area contributed by atoms with Crippen molar-refractivity contribution in [3.63, 3.8) is 0 Å². The van der Waals surface area contributed by atoms with Crippen LogP contribution in [0.1, 0.15) is 43.6 Å². The van der Waals surface area contributed by atoms with E-state index in [0.717, 1.165) is 23.3 Å². The van der Waals surface area contributed by atoms with Crippen molar-refractivity contribution in [2.45, 2.75) is 52.2 Å². The molecule has 0 radical (unpaired) electrons. The third-order valence-electron chi connectivity index (χ3n) is 7.51. The summed E-state index contributed by atoms with van der Waals surface area (Å²) in [5, 5.41) is 14.9. The van der Waals surface area contributed by atoms with Crippen LogP contribution in [0.25, 0.3) is 0 Å². The molecule has 3 atom stereocenters. The number of thiophene rings is 1. The van der Waals surface area contributed by atoms with Crippen molar-refractivity contribution in [1.82, 2.24) is 10.2 Å². The van der Waals surface area contributed by atoms with Gasteiger partial charge in [0.2, 0.25) is 17.7 Å². The van der Waals surface area contributed by atoms with Crippen LogP contribution in [0.2, 0.25) is 4.34 Å². The van der Waals surface area contributed by atoms with Gasteiger partial charge in [0.25, 0.3) is 0 Å². The van der Waals surface area contributed by atoms with Crippen molar-refractivity contribution >= 4 is 40.7 Å². The molecule has 0 bridgehead atoms. The Morgan fingerprint density at radius 2 is 1.88 bits per heavy atom. The van der Waals surface area contributed by atoms with Gasteiger partial charge in [0.15, 0.2) is 0 Å². The molecular weight excluding hydrogens is 576 g/mol. The molecule has 11 heteroatoms. The molecule has 9 nitrogen and oxygen atoms in total. The number of rotatable bonds is 16. The third-order valence-corrected chi connectivity index (χ3v) is 8.76. The van der Waals surface area contributed by atoms with Crippen LogP contribution >= 0.6 is 22.9 Å². The predicted molar refractivity (Wildman–Crippen MR) is 166 cm³/mol. The lowest BCUT2D eigenvalue weighted by molar-refractivity contribution is -0.132. The predicted octanol–water partition coefficient (Wildman–Crippen LogP) is 3.58. The zero-order chi connectivity index (χ0) is 30.9. The molecule has 1 aliphatic carbocycles. The van der Waals surface area contributed by atoms with Gasteiger partial charge < -0.3 is 31.5 Å². The van der Waals surface area contributed by atoms with E-state index in [2.05, 4.69) is 5.32 Å². The Morgan fingerprint density at radius 1 is 1.17 bits per heavy atom. The first kappa shape index (κ1) is 33.3. The van der Waals surface area contributed by atoms with Gasteiger partial charge in [-0.15, -0.1) is 11.3 Å². The van der Waals surface area contributed by atoms with Crippen LogP contribution in [0, 0.1) is 11.3 Å². The Balaban J connectivity index is 2.00. The minimum Gasteiger partial charge on any atom is -0.497 e. The highest BCUT2D eigenvalue weighted by molar-refractivity contribution is 7.16. The van der Waals surface area contributed by atoms with Crippen molar-refractivity contribution in [2.24, 2.45) is 22.8 Å². The third kappa shape index (κ3) is 8.22. The molecule has 0 saturated carbocycles. The van der Waals surface area contributed by atoms with E-state index in [9.17, 15) is 19.5 Å². The Kier molecular flexibility index (Phi) is 12.2. The Morgan fingerprint density at radius 3 is 2.45 bits per heavy atom. The van der Waals surface area contributed by atoms with E-state index in [0.29, 0.717) is 29.7 Å². The molecule has 1 aliphatic rings. The molecule has 1 unspecified atom stereocenters. The molecule has 228 valence electrons. The summed E-state index contributed by atoms with van der Waals surface area (Å²) in [7, 11) is 1.59. The van der Waals surface area contributed by atoms with Gasteiger partial charge >= 0.3 is 0 Å². The number of primary amides is 2. The Hall–Kier alpha value is -3.18. The van der Waals surface area contributed by atoms with Crippen LogP contribution in [0.3, 0.4) is 0 Å². The average molecular weight is 617 g/mol. The SMILES string of the molecule is CCCN(CCC)C(=O)C1=CC(C(N)=O)=CC(C(N)=O)([C@H](Cc2ccc(Cl)s2)[C@@H](O)CNCc2cccc(OC)c2)C1. The second-order valence-corrected chi connectivity index (χ2v) is 12.4. The van der Waals surface area contributed by atoms with E-state index >= 15 is 0 Å². The van der Waals surface area contributed by atoms with Gasteiger partial charge in [0, 0.05) is 48.1 Å². The fourth-order valence-corrected chi connectivity index (χ4v) is 6.62.